The van der Waals surface area contributed by atoms with Crippen molar-refractivity contribution in [3.05, 3.63) is 0 Å². The molecule has 0 heterocycles. The summed E-state index contributed by atoms with van der Waals surface area (Å²) in [6.45, 7) is 5.28. The van der Waals surface area contributed by atoms with Crippen LogP contribution in [0.5, 0.6) is 0 Å². The Bertz CT molecular complexity index is 391. The topological polar surface area (TPSA) is 9.23 Å². The Morgan fingerprint density at radius 1 is 0.950 bits per heavy atom. The molecule has 1 heteroatoms. The van der Waals surface area contributed by atoms with Gasteiger partial charge in [0.25, 0.3) is 0 Å². The summed E-state index contributed by atoms with van der Waals surface area (Å²) in [6.07, 6.45) is 13.8. The summed E-state index contributed by atoms with van der Waals surface area (Å²) in [5, 5.41) is 0. The summed E-state index contributed by atoms with van der Waals surface area (Å²) >= 11 is 0. The zero-order chi connectivity index (χ0) is 14.0. The fraction of sp³-hybridized carbons (Fsp3) is 1.00. The smallest absolute Gasteiger partial charge is 0.0574 e. The second-order valence-electron chi connectivity index (χ2n) is 9.04. The van der Waals surface area contributed by atoms with Gasteiger partial charge in [-0.15, -0.1) is 0 Å². The highest BCUT2D eigenvalue weighted by atomic mass is 16.5. The third-order valence-corrected chi connectivity index (χ3v) is 8.39. The fourth-order valence-corrected chi connectivity index (χ4v) is 7.23. The number of methoxy groups -OCH3 is 1. The van der Waals surface area contributed by atoms with Gasteiger partial charge in [-0.3, -0.25) is 0 Å². The van der Waals surface area contributed by atoms with Gasteiger partial charge in [0.1, 0.15) is 0 Å². The van der Waals surface area contributed by atoms with Crippen molar-refractivity contribution in [2.45, 2.75) is 77.7 Å². The van der Waals surface area contributed by atoms with Gasteiger partial charge in [0.15, 0.2) is 0 Å². The van der Waals surface area contributed by atoms with Crippen LogP contribution in [0, 0.1) is 34.5 Å². The molecular formula is C19H32O. The molecule has 0 saturated heterocycles. The van der Waals surface area contributed by atoms with Crippen LogP contribution in [0.1, 0.15) is 71.6 Å². The highest BCUT2D eigenvalue weighted by Gasteiger charge is 2.61. The average molecular weight is 276 g/mol. The molecule has 0 bridgehead atoms. The van der Waals surface area contributed by atoms with Gasteiger partial charge >= 0.3 is 0 Å². The van der Waals surface area contributed by atoms with E-state index in [2.05, 4.69) is 13.8 Å². The van der Waals surface area contributed by atoms with Crippen LogP contribution < -0.4 is 0 Å². The van der Waals surface area contributed by atoms with Crippen molar-refractivity contribution in [1.29, 1.82) is 0 Å². The van der Waals surface area contributed by atoms with E-state index in [9.17, 15) is 0 Å². The number of hydrogen-bond donors (Lipinski definition) is 0. The normalized spacial score (nSPS) is 58.0. The van der Waals surface area contributed by atoms with Gasteiger partial charge < -0.3 is 4.74 Å². The van der Waals surface area contributed by atoms with Gasteiger partial charge in [-0.1, -0.05) is 20.3 Å². The zero-order valence-electron chi connectivity index (χ0n) is 13.7. The van der Waals surface area contributed by atoms with Crippen LogP contribution >= 0.6 is 0 Å². The molecular weight excluding hydrogens is 244 g/mol. The molecule has 0 aromatic rings. The first-order valence-electron chi connectivity index (χ1n) is 9.10. The highest BCUT2D eigenvalue weighted by molar-refractivity contribution is 5.10. The molecule has 4 rings (SSSR count). The Kier molecular flexibility index (Phi) is 3.05. The number of rotatable bonds is 1. The molecule has 0 N–H and O–H groups in total. The molecule has 0 spiro atoms. The van der Waals surface area contributed by atoms with E-state index in [1.165, 1.54) is 44.9 Å². The fourth-order valence-electron chi connectivity index (χ4n) is 7.23. The first-order valence-corrected chi connectivity index (χ1v) is 9.10. The standard InChI is InChI=1S/C19H32O/c1-18-9-4-5-16(18)15-7-6-13-11-14(20-3)8-10-19(13,2)17(15)12-18/h13-17H,4-12H2,1-3H3/t13?,14-,15?,16?,17?,18-,19-/m0/s1. The molecule has 20 heavy (non-hydrogen) atoms. The number of fused-ring (bicyclic) bond motifs is 5. The Hall–Kier alpha value is -0.0400. The molecule has 4 aliphatic carbocycles. The molecule has 114 valence electrons. The van der Waals surface area contributed by atoms with Crippen LogP contribution in [0.4, 0.5) is 0 Å². The van der Waals surface area contributed by atoms with E-state index >= 15 is 0 Å². The van der Waals surface area contributed by atoms with E-state index in [4.69, 9.17) is 4.74 Å². The largest absolute Gasteiger partial charge is 0.381 e. The maximum atomic E-state index is 5.69. The minimum atomic E-state index is 0.557. The van der Waals surface area contributed by atoms with Crippen LogP contribution in [-0.2, 0) is 4.74 Å². The van der Waals surface area contributed by atoms with Crippen molar-refractivity contribution in [2.75, 3.05) is 7.11 Å². The minimum Gasteiger partial charge on any atom is -0.381 e. The van der Waals surface area contributed by atoms with Gasteiger partial charge in [-0.25, -0.2) is 0 Å². The van der Waals surface area contributed by atoms with E-state index < -0.39 is 0 Å². The van der Waals surface area contributed by atoms with E-state index in [1.54, 1.807) is 12.8 Å². The Morgan fingerprint density at radius 2 is 1.80 bits per heavy atom. The quantitative estimate of drug-likeness (QED) is 0.651. The molecule has 4 unspecified atom stereocenters. The molecule has 0 aromatic heterocycles. The lowest BCUT2D eigenvalue weighted by molar-refractivity contribution is -0.0774. The Balaban J connectivity index is 1.61. The third kappa shape index (κ3) is 1.71. The van der Waals surface area contributed by atoms with Crippen molar-refractivity contribution in [3.8, 4) is 0 Å². The minimum absolute atomic E-state index is 0.557. The first kappa shape index (κ1) is 13.6. The first-order chi connectivity index (χ1) is 9.57. The Labute approximate surface area is 124 Å². The molecule has 4 saturated carbocycles. The van der Waals surface area contributed by atoms with Crippen molar-refractivity contribution in [1.82, 2.24) is 0 Å². The Morgan fingerprint density at radius 3 is 2.60 bits per heavy atom. The maximum Gasteiger partial charge on any atom is 0.0574 e. The predicted octanol–water partition coefficient (Wildman–Crippen LogP) is 5.04. The van der Waals surface area contributed by atoms with Crippen molar-refractivity contribution in [2.24, 2.45) is 34.5 Å². The molecule has 7 atom stereocenters. The molecule has 0 aliphatic heterocycles. The SMILES string of the molecule is CO[C@H]1CC[C@@]2(C)C(CCC3C4CCC[C@@]4(C)CC32)C1. The highest BCUT2D eigenvalue weighted by Crippen LogP contribution is 2.69. The van der Waals surface area contributed by atoms with Gasteiger partial charge in [0.2, 0.25) is 0 Å². The molecule has 4 aliphatic rings. The molecule has 4 fully saturated rings. The summed E-state index contributed by atoms with van der Waals surface area (Å²) in [5.41, 5.74) is 1.36. The molecule has 0 aromatic carbocycles. The molecule has 0 radical (unpaired) electrons. The second kappa shape index (κ2) is 4.48. The third-order valence-electron chi connectivity index (χ3n) is 8.39. The van der Waals surface area contributed by atoms with E-state index in [-0.39, 0.29) is 0 Å². The van der Waals surface area contributed by atoms with Gasteiger partial charge in [0, 0.05) is 7.11 Å². The maximum absolute atomic E-state index is 5.69. The van der Waals surface area contributed by atoms with Crippen LogP contribution in [0.25, 0.3) is 0 Å². The van der Waals surface area contributed by atoms with Gasteiger partial charge in [-0.2, -0.15) is 0 Å². The lowest BCUT2D eigenvalue weighted by atomic mass is 9.52. The van der Waals surface area contributed by atoms with Crippen LogP contribution in [0.2, 0.25) is 0 Å². The molecule has 1 nitrogen and oxygen atoms in total. The van der Waals surface area contributed by atoms with Crippen LogP contribution in [-0.4, -0.2) is 13.2 Å². The monoisotopic (exact) mass is 276 g/mol. The lowest BCUT2D eigenvalue weighted by Gasteiger charge is -2.54. The van der Waals surface area contributed by atoms with Crippen molar-refractivity contribution in [3.63, 3.8) is 0 Å². The van der Waals surface area contributed by atoms with Gasteiger partial charge in [-0.05, 0) is 85.9 Å². The molecule has 0 amide bonds. The summed E-state index contributed by atoms with van der Waals surface area (Å²) in [6, 6.07) is 0. The summed E-state index contributed by atoms with van der Waals surface area (Å²) in [5.74, 6) is 4.13. The summed E-state index contributed by atoms with van der Waals surface area (Å²) in [7, 11) is 1.92. The number of ether oxygens (including phenoxy) is 1. The van der Waals surface area contributed by atoms with Crippen LogP contribution in [0.3, 0.4) is 0 Å². The zero-order valence-corrected chi connectivity index (χ0v) is 13.7. The lowest BCUT2D eigenvalue weighted by Crippen LogP contribution is -2.47. The van der Waals surface area contributed by atoms with E-state index in [0.717, 1.165) is 23.7 Å². The number of hydrogen-bond acceptors (Lipinski definition) is 1. The van der Waals surface area contributed by atoms with E-state index in [1.807, 2.05) is 7.11 Å². The second-order valence-corrected chi connectivity index (χ2v) is 9.04. The average Bonchev–Trinajstić information content (AvgIpc) is 2.93. The van der Waals surface area contributed by atoms with Gasteiger partial charge in [0.05, 0.1) is 6.10 Å². The van der Waals surface area contributed by atoms with Crippen molar-refractivity contribution < 1.29 is 4.74 Å². The predicted molar refractivity (Wildman–Crippen MR) is 82.5 cm³/mol. The summed E-state index contributed by atoms with van der Waals surface area (Å²) in [4.78, 5) is 0. The van der Waals surface area contributed by atoms with E-state index in [0.29, 0.717) is 16.9 Å². The summed E-state index contributed by atoms with van der Waals surface area (Å²) < 4.78 is 5.69. The van der Waals surface area contributed by atoms with Crippen molar-refractivity contribution >= 4 is 0 Å². The van der Waals surface area contributed by atoms with Crippen LogP contribution in [0.15, 0.2) is 0 Å².